The summed E-state index contributed by atoms with van der Waals surface area (Å²) < 4.78 is 1.70. The largest absolute Gasteiger partial charge is 0.352 e. The smallest absolute Gasteiger partial charge is 0.326 e. The van der Waals surface area contributed by atoms with Gasteiger partial charge in [-0.3, -0.25) is 9.36 Å². The van der Waals surface area contributed by atoms with E-state index in [0.717, 1.165) is 16.6 Å². The third kappa shape index (κ3) is 3.34. The van der Waals surface area contributed by atoms with Gasteiger partial charge in [-0.1, -0.05) is 29.8 Å². The fraction of sp³-hybridized carbons (Fsp3) is 0.222. The number of aryl methyl sites for hydroxylation is 2. The first-order chi connectivity index (χ1) is 11.1. The topological polar surface area (TPSA) is 66.9 Å². The minimum Gasteiger partial charge on any atom is -0.352 e. The number of imidazole rings is 1. The lowest BCUT2D eigenvalue weighted by Crippen LogP contribution is -2.26. The molecule has 0 unspecified atom stereocenters. The molecule has 0 spiro atoms. The first-order valence-electron chi connectivity index (χ1n) is 7.67. The molecule has 0 atom stereocenters. The molecule has 5 heteroatoms. The minimum atomic E-state index is -0.115. The number of fused-ring (bicyclic) bond motifs is 1. The maximum absolute atomic E-state index is 12.1. The highest BCUT2D eigenvalue weighted by Gasteiger charge is 2.07. The van der Waals surface area contributed by atoms with Crippen LogP contribution in [0.2, 0.25) is 0 Å². The molecule has 118 valence electrons. The van der Waals surface area contributed by atoms with Crippen LogP contribution in [-0.2, 0) is 6.54 Å². The van der Waals surface area contributed by atoms with Crippen molar-refractivity contribution >= 4 is 16.9 Å². The molecular weight excluding hydrogens is 290 g/mol. The molecule has 2 aromatic carbocycles. The van der Waals surface area contributed by atoms with Gasteiger partial charge in [0.1, 0.15) is 0 Å². The van der Waals surface area contributed by atoms with Crippen LogP contribution < -0.4 is 11.0 Å². The first kappa shape index (κ1) is 15.1. The average molecular weight is 309 g/mol. The number of amides is 1. The van der Waals surface area contributed by atoms with Crippen molar-refractivity contribution in [2.24, 2.45) is 0 Å². The second kappa shape index (κ2) is 6.52. The number of H-pyrrole nitrogens is 1. The summed E-state index contributed by atoms with van der Waals surface area (Å²) in [6.45, 7) is 3.05. The predicted molar refractivity (Wildman–Crippen MR) is 90.7 cm³/mol. The van der Waals surface area contributed by atoms with Crippen LogP contribution in [0.5, 0.6) is 0 Å². The summed E-state index contributed by atoms with van der Waals surface area (Å²) in [7, 11) is 0. The van der Waals surface area contributed by atoms with Crippen LogP contribution in [0.25, 0.3) is 11.0 Å². The van der Waals surface area contributed by atoms with Crippen LogP contribution >= 0.6 is 0 Å². The zero-order valence-corrected chi connectivity index (χ0v) is 13.0. The number of hydrogen-bond donors (Lipinski definition) is 2. The summed E-state index contributed by atoms with van der Waals surface area (Å²) in [6.07, 6.45) is 0.694. The highest BCUT2D eigenvalue weighted by molar-refractivity contribution is 5.94. The average Bonchev–Trinajstić information content (AvgIpc) is 2.87. The van der Waals surface area contributed by atoms with Crippen LogP contribution in [0.15, 0.2) is 53.3 Å². The van der Waals surface area contributed by atoms with E-state index in [1.807, 2.05) is 49.4 Å². The number of benzene rings is 2. The zero-order valence-electron chi connectivity index (χ0n) is 13.0. The molecule has 0 saturated carbocycles. The van der Waals surface area contributed by atoms with Gasteiger partial charge in [-0.15, -0.1) is 0 Å². The van der Waals surface area contributed by atoms with Crippen molar-refractivity contribution in [3.8, 4) is 0 Å². The van der Waals surface area contributed by atoms with E-state index in [2.05, 4.69) is 10.3 Å². The maximum Gasteiger partial charge on any atom is 0.326 e. The fourth-order valence-electron chi connectivity index (χ4n) is 2.66. The van der Waals surface area contributed by atoms with Crippen molar-refractivity contribution in [3.63, 3.8) is 0 Å². The SMILES string of the molecule is Cc1cccc(C(=O)NCCCn2c(=O)[nH]c3ccccc32)c1. The van der Waals surface area contributed by atoms with Crippen LogP contribution in [0, 0.1) is 6.92 Å². The number of carbonyl (C=O) groups is 1. The van der Waals surface area contributed by atoms with Crippen LogP contribution in [0.4, 0.5) is 0 Å². The van der Waals surface area contributed by atoms with E-state index in [1.54, 1.807) is 10.6 Å². The molecule has 2 N–H and O–H groups in total. The van der Waals surface area contributed by atoms with Gasteiger partial charge >= 0.3 is 5.69 Å². The lowest BCUT2D eigenvalue weighted by Gasteiger charge is -2.07. The van der Waals surface area contributed by atoms with Gasteiger partial charge in [0, 0.05) is 18.7 Å². The molecule has 1 heterocycles. The molecular formula is C18H19N3O2. The van der Waals surface area contributed by atoms with Gasteiger partial charge < -0.3 is 10.3 Å². The van der Waals surface area contributed by atoms with Crippen molar-refractivity contribution in [1.29, 1.82) is 0 Å². The standard InChI is InChI=1S/C18H19N3O2/c1-13-6-4-7-14(12-13)17(22)19-10-5-11-21-16-9-3-2-8-15(16)20-18(21)23/h2-4,6-9,12H,5,10-11H2,1H3,(H,19,22)(H,20,23). The molecule has 0 bridgehead atoms. The van der Waals surface area contributed by atoms with Crippen molar-refractivity contribution in [3.05, 3.63) is 70.1 Å². The number of carbonyl (C=O) groups excluding carboxylic acids is 1. The van der Waals surface area contributed by atoms with E-state index in [1.165, 1.54) is 0 Å². The van der Waals surface area contributed by atoms with Crippen molar-refractivity contribution < 1.29 is 4.79 Å². The highest BCUT2D eigenvalue weighted by Crippen LogP contribution is 2.09. The highest BCUT2D eigenvalue weighted by atomic mass is 16.2. The molecule has 0 aliphatic heterocycles. The Labute approximate surface area is 134 Å². The minimum absolute atomic E-state index is 0.0834. The molecule has 0 aliphatic carbocycles. The molecule has 0 aliphatic rings. The van der Waals surface area contributed by atoms with Gasteiger partial charge in [-0.05, 0) is 37.6 Å². The first-order valence-corrected chi connectivity index (χ1v) is 7.67. The summed E-state index contributed by atoms with van der Waals surface area (Å²) in [5.41, 5.74) is 3.33. The Balaban J connectivity index is 1.58. The molecule has 0 radical (unpaired) electrons. The van der Waals surface area contributed by atoms with Gasteiger partial charge in [0.05, 0.1) is 11.0 Å². The second-order valence-corrected chi connectivity index (χ2v) is 5.58. The van der Waals surface area contributed by atoms with E-state index in [-0.39, 0.29) is 11.6 Å². The molecule has 1 amide bonds. The Bertz CT molecular complexity index is 892. The van der Waals surface area contributed by atoms with Gasteiger partial charge in [-0.25, -0.2) is 4.79 Å². The van der Waals surface area contributed by atoms with Gasteiger partial charge in [0.2, 0.25) is 0 Å². The van der Waals surface area contributed by atoms with E-state index in [4.69, 9.17) is 0 Å². The summed E-state index contributed by atoms with van der Waals surface area (Å²) in [5.74, 6) is -0.0834. The van der Waals surface area contributed by atoms with Gasteiger partial charge in [0.25, 0.3) is 5.91 Å². The molecule has 1 aromatic heterocycles. The number of rotatable bonds is 5. The molecule has 23 heavy (non-hydrogen) atoms. The Morgan fingerprint density at radius 3 is 2.83 bits per heavy atom. The van der Waals surface area contributed by atoms with Crippen LogP contribution in [0.3, 0.4) is 0 Å². The van der Waals surface area contributed by atoms with Crippen molar-refractivity contribution in [2.75, 3.05) is 6.54 Å². The Morgan fingerprint density at radius 1 is 1.17 bits per heavy atom. The molecule has 3 rings (SSSR count). The van der Waals surface area contributed by atoms with Gasteiger partial charge in [-0.2, -0.15) is 0 Å². The summed E-state index contributed by atoms with van der Waals surface area (Å²) >= 11 is 0. The Morgan fingerprint density at radius 2 is 2.00 bits per heavy atom. The third-order valence-corrected chi connectivity index (χ3v) is 3.81. The van der Waals surface area contributed by atoms with E-state index in [0.29, 0.717) is 25.1 Å². The maximum atomic E-state index is 12.1. The lowest BCUT2D eigenvalue weighted by molar-refractivity contribution is 0.0952. The zero-order chi connectivity index (χ0) is 16.2. The van der Waals surface area contributed by atoms with E-state index in [9.17, 15) is 9.59 Å². The number of hydrogen-bond acceptors (Lipinski definition) is 2. The second-order valence-electron chi connectivity index (χ2n) is 5.58. The summed E-state index contributed by atoms with van der Waals surface area (Å²) in [4.78, 5) is 26.8. The predicted octanol–water partition coefficient (Wildman–Crippen LogP) is 2.46. The lowest BCUT2D eigenvalue weighted by atomic mass is 10.1. The fourth-order valence-corrected chi connectivity index (χ4v) is 2.66. The van der Waals surface area contributed by atoms with E-state index >= 15 is 0 Å². The van der Waals surface area contributed by atoms with Crippen molar-refractivity contribution in [1.82, 2.24) is 14.9 Å². The number of aromatic nitrogens is 2. The number of nitrogens with one attached hydrogen (secondary N) is 2. The third-order valence-electron chi connectivity index (χ3n) is 3.81. The Kier molecular flexibility index (Phi) is 4.28. The summed E-state index contributed by atoms with van der Waals surface area (Å²) in [5, 5.41) is 2.89. The monoisotopic (exact) mass is 309 g/mol. The summed E-state index contributed by atoms with van der Waals surface area (Å²) in [6, 6.07) is 15.1. The number of aromatic amines is 1. The molecule has 0 fully saturated rings. The number of para-hydroxylation sites is 2. The van der Waals surface area contributed by atoms with E-state index < -0.39 is 0 Å². The van der Waals surface area contributed by atoms with Crippen LogP contribution in [-0.4, -0.2) is 22.0 Å². The van der Waals surface area contributed by atoms with Crippen LogP contribution in [0.1, 0.15) is 22.3 Å². The Hall–Kier alpha value is -2.82. The number of nitrogens with zero attached hydrogens (tertiary/aromatic N) is 1. The van der Waals surface area contributed by atoms with Gasteiger partial charge in [0.15, 0.2) is 0 Å². The molecule has 0 saturated heterocycles. The molecule has 3 aromatic rings. The normalized spacial score (nSPS) is 10.8. The quantitative estimate of drug-likeness (QED) is 0.711. The molecule has 5 nitrogen and oxygen atoms in total. The van der Waals surface area contributed by atoms with Crippen molar-refractivity contribution in [2.45, 2.75) is 19.9 Å².